The Balaban J connectivity index is 3.04. The highest BCUT2D eigenvalue weighted by Crippen LogP contribution is 2.20. The molecule has 1 aromatic heterocycles. The Labute approximate surface area is 94.9 Å². The van der Waals surface area contributed by atoms with E-state index in [-0.39, 0.29) is 17.3 Å². The van der Waals surface area contributed by atoms with Crippen LogP contribution in [0, 0.1) is 19.3 Å². The summed E-state index contributed by atoms with van der Waals surface area (Å²) in [6.45, 7) is 1.83. The molecule has 0 atom stereocenters. The van der Waals surface area contributed by atoms with Crippen LogP contribution >= 0.6 is 0 Å². The number of aryl methyl sites for hydroxylation is 1. The van der Waals surface area contributed by atoms with Crippen molar-refractivity contribution in [2.45, 2.75) is 18.2 Å². The summed E-state index contributed by atoms with van der Waals surface area (Å²) >= 11 is 0. The van der Waals surface area contributed by atoms with Crippen molar-refractivity contribution in [2.75, 3.05) is 12.3 Å². The highest BCUT2D eigenvalue weighted by molar-refractivity contribution is 7.89. The molecule has 0 aliphatic heterocycles. The van der Waals surface area contributed by atoms with Gasteiger partial charge < -0.3 is 5.73 Å². The fourth-order valence-corrected chi connectivity index (χ4v) is 2.63. The van der Waals surface area contributed by atoms with Gasteiger partial charge in [-0.2, -0.15) is 5.10 Å². The summed E-state index contributed by atoms with van der Waals surface area (Å²) in [7, 11) is -2.00. The predicted molar refractivity (Wildman–Crippen MR) is 61.0 cm³/mol. The van der Waals surface area contributed by atoms with Crippen molar-refractivity contribution in [3.63, 3.8) is 0 Å². The Bertz CT molecular complexity index is 524. The van der Waals surface area contributed by atoms with Crippen LogP contribution in [0.4, 0.5) is 5.82 Å². The smallest absolute Gasteiger partial charge is 0.246 e. The maximum atomic E-state index is 11.8. The molecule has 1 heterocycles. The molecule has 0 spiro atoms. The van der Waals surface area contributed by atoms with Crippen LogP contribution in [0.3, 0.4) is 0 Å². The van der Waals surface area contributed by atoms with Gasteiger partial charge in [0.15, 0.2) is 5.82 Å². The Morgan fingerprint density at radius 3 is 2.69 bits per heavy atom. The topological polar surface area (TPSA) is 90.0 Å². The van der Waals surface area contributed by atoms with E-state index in [1.54, 1.807) is 14.0 Å². The fourth-order valence-electron chi connectivity index (χ4n) is 1.28. The van der Waals surface area contributed by atoms with Crippen molar-refractivity contribution in [1.29, 1.82) is 0 Å². The fraction of sp³-hybridized carbons (Fsp3) is 0.444. The van der Waals surface area contributed by atoms with Crippen molar-refractivity contribution < 1.29 is 8.42 Å². The molecule has 0 aliphatic rings. The zero-order valence-corrected chi connectivity index (χ0v) is 10.0. The zero-order chi connectivity index (χ0) is 12.3. The minimum Gasteiger partial charge on any atom is -0.381 e. The van der Waals surface area contributed by atoms with Crippen molar-refractivity contribution in [3.8, 4) is 12.3 Å². The second-order valence-corrected chi connectivity index (χ2v) is 4.98. The van der Waals surface area contributed by atoms with E-state index in [4.69, 9.17) is 12.2 Å². The molecule has 3 N–H and O–H groups in total. The van der Waals surface area contributed by atoms with Gasteiger partial charge in [-0.05, 0) is 6.92 Å². The lowest BCUT2D eigenvalue weighted by Crippen LogP contribution is -2.25. The van der Waals surface area contributed by atoms with Gasteiger partial charge in [0.1, 0.15) is 4.90 Å². The lowest BCUT2D eigenvalue weighted by molar-refractivity contribution is 0.581. The number of terminal acetylenes is 1. The number of nitrogens with two attached hydrogens (primary N) is 1. The molecule has 0 saturated carbocycles. The number of nitrogens with one attached hydrogen (secondary N) is 1. The Morgan fingerprint density at radius 1 is 1.62 bits per heavy atom. The minimum atomic E-state index is -3.63. The molecule has 88 valence electrons. The van der Waals surface area contributed by atoms with Gasteiger partial charge in [-0.25, -0.2) is 13.1 Å². The van der Waals surface area contributed by atoms with E-state index >= 15 is 0 Å². The van der Waals surface area contributed by atoms with E-state index in [9.17, 15) is 8.42 Å². The van der Waals surface area contributed by atoms with Crippen molar-refractivity contribution >= 4 is 15.8 Å². The van der Waals surface area contributed by atoms with Crippen molar-refractivity contribution in [1.82, 2.24) is 14.5 Å². The van der Waals surface area contributed by atoms with Crippen LogP contribution < -0.4 is 10.5 Å². The molecule has 1 rings (SSSR count). The highest BCUT2D eigenvalue weighted by atomic mass is 32.2. The number of hydrogen-bond acceptors (Lipinski definition) is 4. The second-order valence-electron chi connectivity index (χ2n) is 3.28. The average Bonchev–Trinajstić information content (AvgIpc) is 2.41. The number of nitrogen functional groups attached to an aromatic ring is 1. The summed E-state index contributed by atoms with van der Waals surface area (Å²) in [5, 5.41) is 3.84. The number of aromatic nitrogens is 2. The molecule has 0 amide bonds. The number of rotatable bonds is 4. The largest absolute Gasteiger partial charge is 0.381 e. The van der Waals surface area contributed by atoms with Crippen molar-refractivity contribution in [2.24, 2.45) is 7.05 Å². The standard InChI is InChI=1S/C9H14N4O2S/c1-4-5-6-11-16(14,15)8-7(2)13(3)12-9(8)10/h1,11H,5-6H2,2-3H3,(H2,10,12). The molecule has 1 aromatic rings. The Morgan fingerprint density at radius 2 is 2.25 bits per heavy atom. The van der Waals surface area contributed by atoms with Crippen LogP contribution in [0.5, 0.6) is 0 Å². The van der Waals surface area contributed by atoms with Gasteiger partial charge in [-0.15, -0.1) is 12.3 Å². The molecular formula is C9H14N4O2S. The van der Waals surface area contributed by atoms with E-state index in [1.807, 2.05) is 0 Å². The molecule has 0 saturated heterocycles. The maximum absolute atomic E-state index is 11.8. The van der Waals surface area contributed by atoms with E-state index in [1.165, 1.54) is 4.68 Å². The van der Waals surface area contributed by atoms with Crippen LogP contribution in [0.15, 0.2) is 4.90 Å². The van der Waals surface area contributed by atoms with Gasteiger partial charge >= 0.3 is 0 Å². The maximum Gasteiger partial charge on any atom is 0.246 e. The summed E-state index contributed by atoms with van der Waals surface area (Å²) < 4.78 is 27.5. The van der Waals surface area contributed by atoms with Crippen molar-refractivity contribution in [3.05, 3.63) is 5.69 Å². The van der Waals surface area contributed by atoms with Gasteiger partial charge in [-0.3, -0.25) is 4.68 Å². The third-order valence-electron chi connectivity index (χ3n) is 2.13. The predicted octanol–water partition coefficient (Wildman–Crippen LogP) is -0.388. The van der Waals surface area contributed by atoms with E-state index < -0.39 is 10.0 Å². The summed E-state index contributed by atoms with van der Waals surface area (Å²) in [6, 6.07) is 0. The number of anilines is 1. The lowest BCUT2D eigenvalue weighted by Gasteiger charge is -2.04. The van der Waals surface area contributed by atoms with Crippen LogP contribution in [0.1, 0.15) is 12.1 Å². The first-order chi connectivity index (χ1) is 7.40. The molecule has 7 heteroatoms. The van der Waals surface area contributed by atoms with E-state index in [0.717, 1.165) is 0 Å². The van der Waals surface area contributed by atoms with Gasteiger partial charge in [0, 0.05) is 20.0 Å². The summed E-state index contributed by atoms with van der Waals surface area (Å²) in [5.74, 6) is 2.34. The molecule has 0 unspecified atom stereocenters. The monoisotopic (exact) mass is 242 g/mol. The molecule has 16 heavy (non-hydrogen) atoms. The first-order valence-corrected chi connectivity index (χ1v) is 6.10. The first kappa shape index (κ1) is 12.5. The Kier molecular flexibility index (Phi) is 3.57. The molecule has 0 radical (unpaired) electrons. The molecular weight excluding hydrogens is 228 g/mol. The van der Waals surface area contributed by atoms with Gasteiger partial charge in [0.2, 0.25) is 10.0 Å². The van der Waals surface area contributed by atoms with E-state index in [2.05, 4.69) is 15.7 Å². The molecule has 0 bridgehead atoms. The normalized spacial score (nSPS) is 11.3. The summed E-state index contributed by atoms with van der Waals surface area (Å²) in [4.78, 5) is 0.0204. The first-order valence-electron chi connectivity index (χ1n) is 4.62. The third kappa shape index (κ3) is 2.35. The van der Waals surface area contributed by atoms with Crippen LogP contribution in [-0.2, 0) is 17.1 Å². The summed E-state index contributed by atoms with van der Waals surface area (Å²) in [5.41, 5.74) is 6.03. The molecule has 0 aliphatic carbocycles. The zero-order valence-electron chi connectivity index (χ0n) is 9.19. The van der Waals surface area contributed by atoms with E-state index in [0.29, 0.717) is 12.1 Å². The second kappa shape index (κ2) is 4.55. The van der Waals surface area contributed by atoms with Gasteiger partial charge in [0.05, 0.1) is 5.69 Å². The molecule has 6 nitrogen and oxygen atoms in total. The van der Waals surface area contributed by atoms with Crippen LogP contribution in [0.25, 0.3) is 0 Å². The van der Waals surface area contributed by atoms with Gasteiger partial charge in [0.25, 0.3) is 0 Å². The quantitative estimate of drug-likeness (QED) is 0.556. The van der Waals surface area contributed by atoms with Gasteiger partial charge in [-0.1, -0.05) is 0 Å². The van der Waals surface area contributed by atoms with Crippen LogP contribution in [0.2, 0.25) is 0 Å². The number of hydrogen-bond donors (Lipinski definition) is 2. The third-order valence-corrected chi connectivity index (χ3v) is 3.76. The number of sulfonamides is 1. The number of nitrogens with zero attached hydrogens (tertiary/aromatic N) is 2. The highest BCUT2D eigenvalue weighted by Gasteiger charge is 2.23. The molecule has 0 aromatic carbocycles. The summed E-state index contributed by atoms with van der Waals surface area (Å²) in [6.07, 6.45) is 5.37. The average molecular weight is 242 g/mol. The SMILES string of the molecule is C#CCCNS(=O)(=O)c1c(N)nn(C)c1C. The minimum absolute atomic E-state index is 0.00629. The van der Waals surface area contributed by atoms with Crippen LogP contribution in [-0.4, -0.2) is 24.7 Å². The molecule has 0 fully saturated rings. The lowest BCUT2D eigenvalue weighted by atomic mass is 10.5. The Hall–Kier alpha value is -1.52.